The van der Waals surface area contributed by atoms with Crippen molar-refractivity contribution in [1.29, 1.82) is 0 Å². The van der Waals surface area contributed by atoms with Crippen LogP contribution in [0.4, 0.5) is 0 Å². The molecule has 0 aliphatic carbocycles. The number of aromatic nitrogens is 2. The number of amides is 1. The summed E-state index contributed by atoms with van der Waals surface area (Å²) in [6.45, 7) is 3.80. The average molecular weight is 477 g/mol. The third kappa shape index (κ3) is 3.74. The van der Waals surface area contributed by atoms with Gasteiger partial charge in [-0.05, 0) is 48.0 Å². The summed E-state index contributed by atoms with van der Waals surface area (Å²) in [5.74, 6) is 1.46. The maximum atomic E-state index is 13.2. The molecular formula is C25H21ClN4O4. The summed E-state index contributed by atoms with van der Waals surface area (Å²) < 4.78 is 12.3. The molecule has 9 heteroatoms. The maximum Gasteiger partial charge on any atom is 0.265 e. The first kappa shape index (κ1) is 20.9. The third-order valence-electron chi connectivity index (χ3n) is 6.32. The first-order valence-corrected chi connectivity index (χ1v) is 11.4. The Bertz CT molecular complexity index is 1490. The van der Waals surface area contributed by atoms with E-state index < -0.39 is 0 Å². The fourth-order valence-corrected chi connectivity index (χ4v) is 4.66. The Labute approximate surface area is 199 Å². The topological polar surface area (TPSA) is 76.4 Å². The van der Waals surface area contributed by atoms with Gasteiger partial charge in [0.05, 0.1) is 16.5 Å². The molecule has 2 aliphatic heterocycles. The van der Waals surface area contributed by atoms with Crippen molar-refractivity contribution in [3.63, 3.8) is 0 Å². The minimum atomic E-state index is -0.245. The van der Waals surface area contributed by atoms with Gasteiger partial charge in [-0.15, -0.1) is 0 Å². The predicted octanol–water partition coefficient (Wildman–Crippen LogP) is 3.19. The van der Waals surface area contributed by atoms with Gasteiger partial charge in [0.15, 0.2) is 11.5 Å². The Morgan fingerprint density at radius 1 is 0.971 bits per heavy atom. The van der Waals surface area contributed by atoms with Crippen molar-refractivity contribution in [3.8, 4) is 11.5 Å². The van der Waals surface area contributed by atoms with Crippen LogP contribution < -0.4 is 15.0 Å². The van der Waals surface area contributed by atoms with Crippen LogP contribution in [-0.4, -0.2) is 58.1 Å². The molecule has 0 atom stereocenters. The van der Waals surface area contributed by atoms with Crippen LogP contribution in [0.5, 0.6) is 11.5 Å². The zero-order valence-corrected chi connectivity index (χ0v) is 19.0. The Hall–Kier alpha value is -3.62. The van der Waals surface area contributed by atoms with E-state index in [0.717, 1.165) is 36.7 Å². The van der Waals surface area contributed by atoms with Crippen LogP contribution in [0.1, 0.15) is 15.9 Å². The van der Waals surface area contributed by atoms with Gasteiger partial charge in [0.25, 0.3) is 11.5 Å². The number of pyridine rings is 1. The van der Waals surface area contributed by atoms with E-state index in [9.17, 15) is 9.59 Å². The number of benzene rings is 2. The van der Waals surface area contributed by atoms with E-state index in [0.29, 0.717) is 40.2 Å². The molecule has 0 unspecified atom stereocenters. The molecule has 0 bridgehead atoms. The van der Waals surface area contributed by atoms with Gasteiger partial charge in [-0.2, -0.15) is 0 Å². The molecule has 2 aliphatic rings. The van der Waals surface area contributed by atoms with Gasteiger partial charge in [-0.25, -0.2) is 4.98 Å². The second-order valence-electron chi connectivity index (χ2n) is 8.48. The second kappa shape index (κ2) is 8.30. The highest BCUT2D eigenvalue weighted by atomic mass is 35.5. The maximum absolute atomic E-state index is 13.2. The summed E-state index contributed by atoms with van der Waals surface area (Å²) in [7, 11) is 0. The van der Waals surface area contributed by atoms with Crippen LogP contribution in [0.25, 0.3) is 16.6 Å². The fraction of sp³-hybridized carbons (Fsp3) is 0.240. The monoisotopic (exact) mass is 476 g/mol. The van der Waals surface area contributed by atoms with E-state index in [1.165, 1.54) is 4.40 Å². The van der Waals surface area contributed by atoms with Gasteiger partial charge in [0, 0.05) is 43.9 Å². The van der Waals surface area contributed by atoms with Crippen LogP contribution in [-0.2, 0) is 6.54 Å². The van der Waals surface area contributed by atoms with Gasteiger partial charge in [-0.1, -0.05) is 17.7 Å². The van der Waals surface area contributed by atoms with Crippen LogP contribution in [0.15, 0.2) is 59.5 Å². The molecule has 4 heterocycles. The van der Waals surface area contributed by atoms with Crippen LogP contribution in [0.3, 0.4) is 0 Å². The Morgan fingerprint density at radius 3 is 2.65 bits per heavy atom. The van der Waals surface area contributed by atoms with Crippen molar-refractivity contribution >= 4 is 34.1 Å². The molecule has 34 heavy (non-hydrogen) atoms. The molecule has 1 saturated heterocycles. The lowest BCUT2D eigenvalue weighted by atomic mass is 10.1. The summed E-state index contributed by atoms with van der Waals surface area (Å²) in [5, 5.41) is 0.893. The van der Waals surface area contributed by atoms with Crippen molar-refractivity contribution < 1.29 is 14.3 Å². The quantitative estimate of drug-likeness (QED) is 0.423. The Morgan fingerprint density at radius 2 is 1.79 bits per heavy atom. The Kier molecular flexibility index (Phi) is 5.12. The normalized spacial score (nSPS) is 15.9. The number of rotatable bonds is 3. The zero-order valence-electron chi connectivity index (χ0n) is 18.2. The molecular weight excluding hydrogens is 456 g/mol. The van der Waals surface area contributed by atoms with Gasteiger partial charge >= 0.3 is 0 Å². The second-order valence-corrected chi connectivity index (χ2v) is 8.92. The number of carbonyl (C=O) groups excluding carboxylic acids is 1. The van der Waals surface area contributed by atoms with E-state index in [1.807, 2.05) is 23.1 Å². The minimum Gasteiger partial charge on any atom is -0.454 e. The first-order valence-electron chi connectivity index (χ1n) is 11.1. The molecule has 6 rings (SSSR count). The lowest BCUT2D eigenvalue weighted by Gasteiger charge is -2.34. The molecule has 172 valence electrons. The molecule has 2 aromatic heterocycles. The number of halogens is 1. The van der Waals surface area contributed by atoms with Crippen molar-refractivity contribution in [1.82, 2.24) is 19.2 Å². The van der Waals surface area contributed by atoms with Gasteiger partial charge in [-0.3, -0.25) is 18.9 Å². The highest BCUT2D eigenvalue weighted by Crippen LogP contribution is 2.32. The lowest BCUT2D eigenvalue weighted by Crippen LogP contribution is -2.48. The van der Waals surface area contributed by atoms with E-state index in [1.54, 1.807) is 36.5 Å². The summed E-state index contributed by atoms with van der Waals surface area (Å²) in [5.41, 5.74) is 2.43. The van der Waals surface area contributed by atoms with Crippen LogP contribution in [0.2, 0.25) is 5.02 Å². The summed E-state index contributed by atoms with van der Waals surface area (Å²) in [6.07, 6.45) is 1.58. The molecule has 1 fully saturated rings. The summed E-state index contributed by atoms with van der Waals surface area (Å²) in [6, 6.07) is 14.5. The van der Waals surface area contributed by atoms with E-state index in [4.69, 9.17) is 21.1 Å². The average Bonchev–Trinajstić information content (AvgIpc) is 3.33. The number of nitrogens with zero attached hydrogens (tertiary/aromatic N) is 4. The number of carbonyl (C=O) groups is 1. The van der Waals surface area contributed by atoms with Crippen molar-refractivity contribution in [3.05, 3.63) is 81.2 Å². The highest BCUT2D eigenvalue weighted by molar-refractivity contribution is 6.31. The van der Waals surface area contributed by atoms with Gasteiger partial charge < -0.3 is 14.4 Å². The predicted molar refractivity (Wildman–Crippen MR) is 128 cm³/mol. The molecule has 0 spiro atoms. The van der Waals surface area contributed by atoms with Crippen LogP contribution >= 0.6 is 11.6 Å². The number of fused-ring (bicyclic) bond motifs is 3. The van der Waals surface area contributed by atoms with Gasteiger partial charge in [0.2, 0.25) is 6.79 Å². The largest absolute Gasteiger partial charge is 0.454 e. The fourth-order valence-electron chi connectivity index (χ4n) is 4.49. The van der Waals surface area contributed by atoms with E-state index in [2.05, 4.69) is 9.88 Å². The summed E-state index contributed by atoms with van der Waals surface area (Å²) >= 11 is 6.06. The highest BCUT2D eigenvalue weighted by Gasteiger charge is 2.23. The van der Waals surface area contributed by atoms with Crippen molar-refractivity contribution in [2.45, 2.75) is 6.54 Å². The van der Waals surface area contributed by atoms with E-state index in [-0.39, 0.29) is 18.3 Å². The van der Waals surface area contributed by atoms with E-state index >= 15 is 0 Å². The van der Waals surface area contributed by atoms with Crippen molar-refractivity contribution in [2.24, 2.45) is 0 Å². The van der Waals surface area contributed by atoms with Crippen molar-refractivity contribution in [2.75, 3.05) is 33.0 Å². The number of ether oxygens (including phenoxy) is 2. The lowest BCUT2D eigenvalue weighted by molar-refractivity contribution is 0.0628. The molecule has 8 nitrogen and oxygen atoms in total. The molecule has 0 N–H and O–H groups in total. The first-order chi connectivity index (χ1) is 16.5. The third-order valence-corrected chi connectivity index (χ3v) is 6.55. The SMILES string of the molecule is O=C(c1ccc2nc3ccc(Cl)cc3c(=O)n2c1)N1CCN(Cc2ccc3c(c2)OCO3)CC1. The molecule has 2 aromatic carbocycles. The molecule has 4 aromatic rings. The van der Waals surface area contributed by atoms with Crippen LogP contribution in [0, 0.1) is 0 Å². The Balaban J connectivity index is 1.17. The standard InChI is InChI=1S/C25H21ClN4O4/c26-18-3-4-20-19(12-18)25(32)30-14-17(2-6-23(30)27-20)24(31)29-9-7-28(8-10-29)13-16-1-5-21-22(11-16)34-15-33-21/h1-6,11-12,14H,7-10,13,15H2. The smallest absolute Gasteiger partial charge is 0.265 e. The summed E-state index contributed by atoms with van der Waals surface area (Å²) in [4.78, 5) is 34.8. The molecule has 0 saturated carbocycles. The molecule has 1 amide bonds. The van der Waals surface area contributed by atoms with Gasteiger partial charge in [0.1, 0.15) is 5.65 Å². The molecule has 0 radical (unpaired) electrons. The minimum absolute atomic E-state index is 0.0947. The zero-order chi connectivity index (χ0) is 23.2. The number of hydrogen-bond donors (Lipinski definition) is 0. The number of piperazine rings is 1. The number of hydrogen-bond acceptors (Lipinski definition) is 6.